The van der Waals surface area contributed by atoms with Crippen molar-refractivity contribution in [2.45, 2.75) is 57.3 Å². The molecule has 9 heteroatoms. The summed E-state index contributed by atoms with van der Waals surface area (Å²) in [6.45, 7) is 2.59. The van der Waals surface area contributed by atoms with Gasteiger partial charge in [0.25, 0.3) is 17.7 Å². The lowest BCUT2D eigenvalue weighted by Crippen LogP contribution is -2.64. The molecule has 0 radical (unpaired) electrons. The van der Waals surface area contributed by atoms with Gasteiger partial charge in [0.1, 0.15) is 0 Å². The second kappa shape index (κ2) is 11.0. The van der Waals surface area contributed by atoms with Crippen LogP contribution in [0.5, 0.6) is 0 Å². The van der Waals surface area contributed by atoms with Gasteiger partial charge >= 0.3 is 0 Å². The molecule has 7 nitrogen and oxygen atoms in total. The quantitative estimate of drug-likeness (QED) is 0.641. The molecule has 0 spiro atoms. The van der Waals surface area contributed by atoms with Crippen LogP contribution in [0.4, 0.5) is 0 Å². The molecule has 3 N–H and O–H groups in total. The lowest BCUT2D eigenvalue weighted by atomic mass is 9.91. The van der Waals surface area contributed by atoms with E-state index in [1.807, 2.05) is 19.1 Å². The Kier molecular flexibility index (Phi) is 7.99. The first-order valence-corrected chi connectivity index (χ1v) is 12.7. The second-order valence-electron chi connectivity index (χ2n) is 9.34. The fourth-order valence-corrected chi connectivity index (χ4v) is 5.32. The number of nitrogens with two attached hydrogens (primary N) is 1. The minimum Gasteiger partial charge on any atom is -0.350 e. The van der Waals surface area contributed by atoms with Gasteiger partial charge in [-0.15, -0.1) is 0 Å². The SMILES string of the molecule is Cc1cccc(C(=O)N2CCCN(C(=O)c3ccc(Cl)cc3Cl)C2C(=O)NC2CCC(N)CC2)c1. The highest BCUT2D eigenvalue weighted by Gasteiger charge is 2.42. The molecule has 2 aromatic rings. The normalized spacial score (nSPS) is 22.6. The molecule has 1 aliphatic carbocycles. The summed E-state index contributed by atoms with van der Waals surface area (Å²) < 4.78 is 0. The number of carbonyl (C=O) groups excluding carboxylic acids is 3. The number of aryl methyl sites for hydroxylation is 1. The highest BCUT2D eigenvalue weighted by atomic mass is 35.5. The molecule has 2 aliphatic rings. The van der Waals surface area contributed by atoms with Gasteiger partial charge in [0.05, 0.1) is 10.6 Å². The van der Waals surface area contributed by atoms with Gasteiger partial charge in [-0.1, -0.05) is 40.9 Å². The highest BCUT2D eigenvalue weighted by Crippen LogP contribution is 2.27. The molecular weight excluding hydrogens is 487 g/mol. The van der Waals surface area contributed by atoms with Crippen LogP contribution in [0.2, 0.25) is 10.0 Å². The molecule has 3 amide bonds. The third kappa shape index (κ3) is 5.80. The Hall–Kier alpha value is -2.61. The Bertz CT molecular complexity index is 1120. The largest absolute Gasteiger partial charge is 0.350 e. The van der Waals surface area contributed by atoms with E-state index < -0.39 is 12.1 Å². The van der Waals surface area contributed by atoms with Crippen molar-refractivity contribution >= 4 is 40.9 Å². The number of rotatable bonds is 4. The predicted octanol–water partition coefficient (Wildman–Crippen LogP) is 4.00. The first-order chi connectivity index (χ1) is 16.7. The van der Waals surface area contributed by atoms with E-state index in [4.69, 9.17) is 28.9 Å². The summed E-state index contributed by atoms with van der Waals surface area (Å²) >= 11 is 12.3. The molecule has 1 heterocycles. The summed E-state index contributed by atoms with van der Waals surface area (Å²) in [6, 6.07) is 12.0. The Morgan fingerprint density at radius 1 is 0.943 bits per heavy atom. The van der Waals surface area contributed by atoms with Gasteiger partial charge in [-0.2, -0.15) is 0 Å². The summed E-state index contributed by atoms with van der Waals surface area (Å²) in [7, 11) is 0. The van der Waals surface area contributed by atoms with Crippen molar-refractivity contribution in [3.05, 3.63) is 69.2 Å². The van der Waals surface area contributed by atoms with Crippen molar-refractivity contribution < 1.29 is 14.4 Å². The molecule has 1 saturated heterocycles. The zero-order valence-corrected chi connectivity index (χ0v) is 21.2. The van der Waals surface area contributed by atoms with Crippen LogP contribution in [-0.2, 0) is 4.79 Å². The fourth-order valence-electron chi connectivity index (χ4n) is 4.83. The molecule has 0 bridgehead atoms. The van der Waals surface area contributed by atoms with Crippen molar-refractivity contribution in [1.29, 1.82) is 0 Å². The summed E-state index contributed by atoms with van der Waals surface area (Å²) in [5.74, 6) is -1.08. The minimum absolute atomic E-state index is 0.0452. The first kappa shape index (κ1) is 25.5. The number of halogens is 2. The summed E-state index contributed by atoms with van der Waals surface area (Å²) in [5, 5.41) is 3.69. The molecule has 1 aliphatic heterocycles. The number of hydrogen-bond donors (Lipinski definition) is 2. The predicted molar refractivity (Wildman–Crippen MR) is 136 cm³/mol. The Balaban J connectivity index is 1.66. The molecule has 4 rings (SSSR count). The molecule has 35 heavy (non-hydrogen) atoms. The summed E-state index contributed by atoms with van der Waals surface area (Å²) in [5.41, 5.74) is 7.67. The molecule has 186 valence electrons. The van der Waals surface area contributed by atoms with Crippen molar-refractivity contribution in [3.63, 3.8) is 0 Å². The van der Waals surface area contributed by atoms with Gasteiger partial charge in [0.2, 0.25) is 0 Å². The minimum atomic E-state index is -1.09. The number of hydrogen-bond acceptors (Lipinski definition) is 4. The van der Waals surface area contributed by atoms with Gasteiger partial charge in [-0.3, -0.25) is 14.4 Å². The van der Waals surface area contributed by atoms with Crippen LogP contribution in [0.25, 0.3) is 0 Å². The van der Waals surface area contributed by atoms with Crippen molar-refractivity contribution in [1.82, 2.24) is 15.1 Å². The third-order valence-electron chi connectivity index (χ3n) is 6.69. The second-order valence-corrected chi connectivity index (χ2v) is 10.2. The first-order valence-electron chi connectivity index (χ1n) is 11.9. The van der Waals surface area contributed by atoms with Crippen molar-refractivity contribution in [3.8, 4) is 0 Å². The highest BCUT2D eigenvalue weighted by molar-refractivity contribution is 6.36. The van der Waals surface area contributed by atoms with Gasteiger partial charge in [0.15, 0.2) is 6.17 Å². The van der Waals surface area contributed by atoms with E-state index in [2.05, 4.69) is 5.32 Å². The molecular formula is C26H30Cl2N4O3. The summed E-state index contributed by atoms with van der Waals surface area (Å²) in [4.78, 5) is 43.8. The van der Waals surface area contributed by atoms with Crippen LogP contribution >= 0.6 is 23.2 Å². The monoisotopic (exact) mass is 516 g/mol. The molecule has 1 atom stereocenters. The average molecular weight is 517 g/mol. The Morgan fingerprint density at radius 3 is 2.29 bits per heavy atom. The van der Waals surface area contributed by atoms with E-state index in [1.165, 1.54) is 15.9 Å². The molecule has 2 aromatic carbocycles. The fraction of sp³-hybridized carbons (Fsp3) is 0.423. The molecule has 1 unspecified atom stereocenters. The molecule has 2 fully saturated rings. The van der Waals surface area contributed by atoms with E-state index in [0.29, 0.717) is 30.1 Å². The van der Waals surface area contributed by atoms with Crippen LogP contribution < -0.4 is 11.1 Å². The maximum atomic E-state index is 13.7. The lowest BCUT2D eigenvalue weighted by molar-refractivity contribution is -0.133. The standard InChI is InChI=1S/C26H30Cl2N4O3/c1-16-4-2-5-17(14-16)25(34)31-12-3-13-32(26(35)21-11-6-18(27)15-22(21)28)24(31)23(33)30-20-9-7-19(29)8-10-20/h2,4-6,11,14-15,19-20,24H,3,7-10,12-13,29H2,1H3,(H,30,33). The van der Waals surface area contributed by atoms with E-state index in [1.54, 1.807) is 24.3 Å². The van der Waals surface area contributed by atoms with Crippen molar-refractivity contribution in [2.24, 2.45) is 5.73 Å². The number of benzene rings is 2. The van der Waals surface area contributed by atoms with Crippen LogP contribution in [0.15, 0.2) is 42.5 Å². The smallest absolute Gasteiger partial charge is 0.264 e. The number of carbonyl (C=O) groups is 3. The maximum absolute atomic E-state index is 13.7. The topological polar surface area (TPSA) is 95.7 Å². The molecule has 0 aromatic heterocycles. The maximum Gasteiger partial charge on any atom is 0.264 e. The van der Waals surface area contributed by atoms with Crippen LogP contribution in [0.1, 0.15) is 58.4 Å². The van der Waals surface area contributed by atoms with Crippen molar-refractivity contribution in [2.75, 3.05) is 13.1 Å². The van der Waals surface area contributed by atoms with Gasteiger partial charge in [-0.05, 0) is 69.4 Å². The Labute approximate surface area is 215 Å². The third-order valence-corrected chi connectivity index (χ3v) is 7.24. The Morgan fingerprint density at radius 2 is 1.63 bits per heavy atom. The number of amides is 3. The van der Waals surface area contributed by atoms with Crippen LogP contribution in [0.3, 0.4) is 0 Å². The van der Waals surface area contributed by atoms with Crippen LogP contribution in [0, 0.1) is 6.92 Å². The van der Waals surface area contributed by atoms with Gasteiger partial charge in [0, 0.05) is 35.8 Å². The van der Waals surface area contributed by atoms with Gasteiger partial charge < -0.3 is 20.9 Å². The number of nitrogens with one attached hydrogen (secondary N) is 1. The summed E-state index contributed by atoms with van der Waals surface area (Å²) in [6.07, 6.45) is 2.63. The van der Waals surface area contributed by atoms with Crippen LogP contribution in [-0.4, -0.2) is 58.9 Å². The number of nitrogens with zero attached hydrogens (tertiary/aromatic N) is 2. The van der Waals surface area contributed by atoms with Gasteiger partial charge in [-0.25, -0.2) is 0 Å². The van der Waals surface area contributed by atoms with E-state index in [9.17, 15) is 14.4 Å². The zero-order chi connectivity index (χ0) is 25.1. The average Bonchev–Trinajstić information content (AvgIpc) is 2.84. The van der Waals surface area contributed by atoms with E-state index in [-0.39, 0.29) is 34.5 Å². The zero-order valence-electron chi connectivity index (χ0n) is 19.7. The van der Waals surface area contributed by atoms with E-state index in [0.717, 1.165) is 31.2 Å². The van der Waals surface area contributed by atoms with E-state index >= 15 is 0 Å². The lowest BCUT2D eigenvalue weighted by Gasteiger charge is -2.43. The molecule has 1 saturated carbocycles.